The van der Waals surface area contributed by atoms with Crippen LogP contribution in [-0.2, 0) is 11.2 Å². The number of anilines is 1. The lowest BCUT2D eigenvalue weighted by atomic mass is 9.97. The Bertz CT molecular complexity index is 788. The molecule has 1 amide bonds. The van der Waals surface area contributed by atoms with E-state index in [9.17, 15) is 9.59 Å². The summed E-state index contributed by atoms with van der Waals surface area (Å²) in [4.78, 5) is 28.6. The van der Waals surface area contributed by atoms with Crippen LogP contribution in [0.3, 0.4) is 0 Å². The number of nitrogens with one attached hydrogen (secondary N) is 1. The summed E-state index contributed by atoms with van der Waals surface area (Å²) < 4.78 is 0. The maximum Gasteiger partial charge on any atom is 0.251 e. The van der Waals surface area contributed by atoms with Crippen LogP contribution in [0.2, 0.25) is 0 Å². The van der Waals surface area contributed by atoms with Gasteiger partial charge in [0.25, 0.3) is 5.56 Å². The van der Waals surface area contributed by atoms with E-state index in [2.05, 4.69) is 37.0 Å². The second kappa shape index (κ2) is 7.45. The lowest BCUT2D eigenvalue weighted by Crippen LogP contribution is -2.37. The van der Waals surface area contributed by atoms with E-state index in [1.54, 1.807) is 18.0 Å². The lowest BCUT2D eigenvalue weighted by Gasteiger charge is -2.24. The molecule has 5 heteroatoms. The second-order valence-corrected chi connectivity index (χ2v) is 6.12. The van der Waals surface area contributed by atoms with Gasteiger partial charge in [-0.1, -0.05) is 29.3 Å². The first-order valence-electron chi connectivity index (χ1n) is 8.16. The van der Waals surface area contributed by atoms with Gasteiger partial charge >= 0.3 is 0 Å². The zero-order chi connectivity index (χ0) is 17.9. The average molecular weight is 327 g/mol. The van der Waals surface area contributed by atoms with Gasteiger partial charge in [-0.05, 0) is 38.8 Å². The first-order valence-corrected chi connectivity index (χ1v) is 8.16. The topological polar surface area (TPSA) is 79.2 Å². The number of nitrogens with two attached hydrogens (primary N) is 1. The summed E-state index contributed by atoms with van der Waals surface area (Å²) >= 11 is 0. The van der Waals surface area contributed by atoms with E-state index in [0.717, 1.165) is 16.8 Å². The molecule has 1 aromatic heterocycles. The third kappa shape index (κ3) is 3.74. The minimum atomic E-state index is -0.161. The predicted octanol–water partition coefficient (Wildman–Crippen LogP) is 2.20. The Labute approximate surface area is 142 Å². The zero-order valence-electron chi connectivity index (χ0n) is 14.8. The summed E-state index contributed by atoms with van der Waals surface area (Å²) in [5.74, 6) is -0.161. The van der Waals surface area contributed by atoms with Gasteiger partial charge in [-0.25, -0.2) is 0 Å². The van der Waals surface area contributed by atoms with Crippen molar-refractivity contribution < 1.29 is 4.79 Å². The number of aryl methyl sites for hydroxylation is 2. The van der Waals surface area contributed by atoms with Crippen LogP contribution >= 0.6 is 0 Å². The lowest BCUT2D eigenvalue weighted by molar-refractivity contribution is -0.117. The number of nitrogens with zero attached hydrogens (tertiary/aromatic N) is 1. The third-order valence-electron chi connectivity index (χ3n) is 4.19. The molecule has 2 rings (SSSR count). The first-order chi connectivity index (χ1) is 11.4. The van der Waals surface area contributed by atoms with Gasteiger partial charge in [0.05, 0.1) is 12.2 Å². The van der Waals surface area contributed by atoms with Crippen molar-refractivity contribution in [1.82, 2.24) is 4.98 Å². The number of hydrogen-bond donors (Lipinski definition) is 2. The highest BCUT2D eigenvalue weighted by molar-refractivity contribution is 5.95. The van der Waals surface area contributed by atoms with Gasteiger partial charge in [0, 0.05) is 24.7 Å². The summed E-state index contributed by atoms with van der Waals surface area (Å²) in [5.41, 5.74) is 11.1. The molecule has 24 heavy (non-hydrogen) atoms. The number of aromatic nitrogens is 1. The number of hydrogen-bond acceptors (Lipinski definition) is 3. The van der Waals surface area contributed by atoms with Crippen molar-refractivity contribution in [2.45, 2.75) is 34.1 Å². The SMILES string of the molecule is CCN(C(=O)CN)c1c[nH]c(=O)c(C)c1Cc1cc(C)cc(C)c1. The summed E-state index contributed by atoms with van der Waals surface area (Å²) in [7, 11) is 0. The summed E-state index contributed by atoms with van der Waals surface area (Å²) in [6.45, 7) is 8.24. The normalized spacial score (nSPS) is 10.7. The van der Waals surface area contributed by atoms with E-state index in [4.69, 9.17) is 5.73 Å². The van der Waals surface area contributed by atoms with Crippen molar-refractivity contribution >= 4 is 11.6 Å². The Morgan fingerprint density at radius 1 is 1.17 bits per heavy atom. The van der Waals surface area contributed by atoms with E-state index < -0.39 is 0 Å². The zero-order valence-corrected chi connectivity index (χ0v) is 14.8. The highest BCUT2D eigenvalue weighted by atomic mass is 16.2. The van der Waals surface area contributed by atoms with E-state index in [0.29, 0.717) is 18.5 Å². The molecule has 0 saturated carbocycles. The smallest absolute Gasteiger partial charge is 0.251 e. The molecule has 0 spiro atoms. The van der Waals surface area contributed by atoms with Gasteiger partial charge in [0.1, 0.15) is 0 Å². The number of rotatable bonds is 5. The van der Waals surface area contributed by atoms with Crippen LogP contribution in [0.25, 0.3) is 0 Å². The Hall–Kier alpha value is -2.40. The molecule has 3 N–H and O–H groups in total. The first kappa shape index (κ1) is 17.9. The van der Waals surface area contributed by atoms with Crippen LogP contribution in [0.1, 0.15) is 34.7 Å². The molecule has 1 heterocycles. The number of pyridine rings is 1. The quantitative estimate of drug-likeness (QED) is 0.883. The largest absolute Gasteiger partial charge is 0.327 e. The van der Waals surface area contributed by atoms with Crippen LogP contribution in [0, 0.1) is 20.8 Å². The average Bonchev–Trinajstić information content (AvgIpc) is 2.53. The van der Waals surface area contributed by atoms with Crippen molar-refractivity contribution in [3.63, 3.8) is 0 Å². The number of likely N-dealkylation sites (N-methyl/N-ethyl adjacent to an activating group) is 1. The number of benzene rings is 1. The van der Waals surface area contributed by atoms with E-state index in [1.807, 2.05) is 6.92 Å². The Morgan fingerprint density at radius 3 is 2.33 bits per heavy atom. The molecule has 128 valence electrons. The number of carbonyl (C=O) groups excluding carboxylic acids is 1. The van der Waals surface area contributed by atoms with Crippen LogP contribution < -0.4 is 16.2 Å². The molecule has 1 aromatic carbocycles. The molecule has 0 bridgehead atoms. The van der Waals surface area contributed by atoms with Crippen molar-refractivity contribution in [3.05, 3.63) is 62.6 Å². The van der Waals surface area contributed by atoms with Gasteiger partial charge in [-0.3, -0.25) is 9.59 Å². The van der Waals surface area contributed by atoms with Crippen molar-refractivity contribution in [2.75, 3.05) is 18.0 Å². The van der Waals surface area contributed by atoms with E-state index in [-0.39, 0.29) is 18.0 Å². The monoisotopic (exact) mass is 327 g/mol. The Kier molecular flexibility index (Phi) is 5.57. The Morgan fingerprint density at radius 2 is 1.79 bits per heavy atom. The molecule has 0 fully saturated rings. The van der Waals surface area contributed by atoms with Gasteiger partial charge in [0.15, 0.2) is 0 Å². The predicted molar refractivity (Wildman–Crippen MR) is 97.6 cm³/mol. The fourth-order valence-corrected chi connectivity index (χ4v) is 3.09. The van der Waals surface area contributed by atoms with Crippen LogP contribution in [0.4, 0.5) is 5.69 Å². The minimum Gasteiger partial charge on any atom is -0.327 e. The highest BCUT2D eigenvalue weighted by Gasteiger charge is 2.19. The standard InChI is InChI=1S/C19H25N3O2/c1-5-22(18(23)10-20)17-11-21-19(24)14(4)16(17)9-15-7-12(2)6-13(3)8-15/h6-8,11H,5,9-10,20H2,1-4H3,(H,21,24). The molecular weight excluding hydrogens is 302 g/mol. The van der Waals surface area contributed by atoms with Crippen LogP contribution in [0.5, 0.6) is 0 Å². The Balaban J connectivity index is 2.56. The number of carbonyl (C=O) groups is 1. The minimum absolute atomic E-state index is 0.0605. The fraction of sp³-hybridized carbons (Fsp3) is 0.368. The molecule has 0 aliphatic carbocycles. The second-order valence-electron chi connectivity index (χ2n) is 6.12. The fourth-order valence-electron chi connectivity index (χ4n) is 3.09. The van der Waals surface area contributed by atoms with Gasteiger partial charge < -0.3 is 15.6 Å². The van der Waals surface area contributed by atoms with Crippen LogP contribution in [0.15, 0.2) is 29.2 Å². The van der Waals surface area contributed by atoms with E-state index >= 15 is 0 Å². The summed E-state index contributed by atoms with van der Waals surface area (Å²) in [6.07, 6.45) is 2.21. The number of H-pyrrole nitrogens is 1. The van der Waals surface area contributed by atoms with Crippen LogP contribution in [-0.4, -0.2) is 24.0 Å². The highest BCUT2D eigenvalue weighted by Crippen LogP contribution is 2.25. The summed E-state index contributed by atoms with van der Waals surface area (Å²) in [6, 6.07) is 6.34. The van der Waals surface area contributed by atoms with Crippen molar-refractivity contribution in [3.8, 4) is 0 Å². The molecule has 2 aromatic rings. The van der Waals surface area contributed by atoms with E-state index in [1.165, 1.54) is 11.1 Å². The molecule has 0 saturated heterocycles. The molecule has 0 unspecified atom stereocenters. The number of amides is 1. The molecule has 0 radical (unpaired) electrons. The summed E-state index contributed by atoms with van der Waals surface area (Å²) in [5, 5.41) is 0. The molecule has 0 aliphatic heterocycles. The molecule has 5 nitrogen and oxygen atoms in total. The maximum atomic E-state index is 12.2. The van der Waals surface area contributed by atoms with Crippen molar-refractivity contribution in [1.29, 1.82) is 0 Å². The number of aromatic amines is 1. The molecule has 0 atom stereocenters. The maximum absolute atomic E-state index is 12.2. The van der Waals surface area contributed by atoms with Gasteiger partial charge in [-0.15, -0.1) is 0 Å². The van der Waals surface area contributed by atoms with Gasteiger partial charge in [0.2, 0.25) is 5.91 Å². The molecule has 0 aliphatic rings. The molecular formula is C19H25N3O2. The van der Waals surface area contributed by atoms with Crippen molar-refractivity contribution in [2.24, 2.45) is 5.73 Å². The third-order valence-corrected chi connectivity index (χ3v) is 4.19. The van der Waals surface area contributed by atoms with Gasteiger partial charge in [-0.2, -0.15) is 0 Å².